The van der Waals surface area contributed by atoms with Crippen molar-refractivity contribution in [3.05, 3.63) is 83.4 Å². The highest BCUT2D eigenvalue weighted by Crippen LogP contribution is 2.41. The van der Waals surface area contributed by atoms with Gasteiger partial charge >= 0.3 is 0 Å². The van der Waals surface area contributed by atoms with Crippen LogP contribution in [0.3, 0.4) is 0 Å². The van der Waals surface area contributed by atoms with Gasteiger partial charge in [0.05, 0.1) is 18.0 Å². The number of hydrogen-bond donors (Lipinski definition) is 0. The zero-order chi connectivity index (χ0) is 23.0. The van der Waals surface area contributed by atoms with E-state index in [-0.39, 0.29) is 0 Å². The lowest BCUT2D eigenvalue weighted by Gasteiger charge is -2.37. The van der Waals surface area contributed by atoms with E-state index < -0.39 is 15.3 Å². The van der Waals surface area contributed by atoms with Crippen LogP contribution in [0.1, 0.15) is 28.9 Å². The van der Waals surface area contributed by atoms with Gasteiger partial charge in [0, 0.05) is 36.0 Å². The molecule has 0 aromatic heterocycles. The molecule has 3 aromatic carbocycles. The molecule has 0 bridgehead atoms. The summed E-state index contributed by atoms with van der Waals surface area (Å²) in [4.78, 5) is 4.70. The van der Waals surface area contributed by atoms with Crippen molar-refractivity contribution in [3.8, 4) is 5.75 Å². The summed E-state index contributed by atoms with van der Waals surface area (Å²) in [5, 5.41) is -0.581. The van der Waals surface area contributed by atoms with Crippen LogP contribution in [0.2, 0.25) is 0 Å². The van der Waals surface area contributed by atoms with Gasteiger partial charge in [0.25, 0.3) is 0 Å². The lowest BCUT2D eigenvalue weighted by atomic mass is 10.0. The first-order valence-electron chi connectivity index (χ1n) is 11.2. The van der Waals surface area contributed by atoms with E-state index in [1.807, 2.05) is 37.3 Å². The summed E-state index contributed by atoms with van der Waals surface area (Å²) >= 11 is 1.76. The fraction of sp³-hybridized carbons (Fsp3) is 0.308. The molecule has 0 spiro atoms. The van der Waals surface area contributed by atoms with Crippen molar-refractivity contribution in [2.45, 2.75) is 28.4 Å². The average Bonchev–Trinajstić information content (AvgIpc) is 2.86. The zero-order valence-electron chi connectivity index (χ0n) is 18.9. The molecule has 0 N–H and O–H groups in total. The number of para-hydroxylation sites is 2. The number of rotatable bonds is 5. The van der Waals surface area contributed by atoms with E-state index in [1.165, 1.54) is 20.9 Å². The zero-order valence-corrected chi connectivity index (χ0v) is 20.5. The van der Waals surface area contributed by atoms with E-state index in [0.717, 1.165) is 23.4 Å². The molecule has 5 nitrogen and oxygen atoms in total. The number of methoxy groups -OCH3 is 1. The van der Waals surface area contributed by atoms with Crippen LogP contribution in [0.4, 0.5) is 5.69 Å². The molecule has 2 heterocycles. The Bertz CT molecular complexity index is 1270. The van der Waals surface area contributed by atoms with Gasteiger partial charge in [-0.05, 0) is 54.3 Å². The number of nitrogens with zero attached hydrogens (tertiary/aromatic N) is 2. The second-order valence-electron chi connectivity index (χ2n) is 8.50. The molecule has 1 unspecified atom stereocenters. The van der Waals surface area contributed by atoms with E-state index in [9.17, 15) is 8.42 Å². The number of benzene rings is 3. The van der Waals surface area contributed by atoms with Crippen LogP contribution in [-0.4, -0.2) is 46.0 Å². The van der Waals surface area contributed by atoms with Crippen LogP contribution in [0.5, 0.6) is 5.75 Å². The summed E-state index contributed by atoms with van der Waals surface area (Å²) in [6.45, 7) is 4.04. The van der Waals surface area contributed by atoms with Gasteiger partial charge in [-0.15, -0.1) is 0 Å². The Morgan fingerprint density at radius 3 is 2.36 bits per heavy atom. The lowest BCUT2D eigenvalue weighted by molar-refractivity contribution is 0.374. The molecule has 3 aromatic rings. The summed E-state index contributed by atoms with van der Waals surface area (Å²) in [5.74, 6) is 0.815. The van der Waals surface area contributed by atoms with Gasteiger partial charge in [0.15, 0.2) is 0 Å². The molecule has 1 atom stereocenters. The molecule has 1 fully saturated rings. The first-order chi connectivity index (χ1) is 16.0. The first-order valence-corrected chi connectivity index (χ1v) is 13.5. The van der Waals surface area contributed by atoms with Crippen LogP contribution in [0.25, 0.3) is 0 Å². The van der Waals surface area contributed by atoms with E-state index in [4.69, 9.17) is 4.74 Å². The highest BCUT2D eigenvalue weighted by molar-refractivity contribution is 7.99. The molecule has 5 rings (SSSR count). The molecule has 0 aliphatic carbocycles. The molecule has 0 saturated carbocycles. The second-order valence-corrected chi connectivity index (χ2v) is 11.8. The van der Waals surface area contributed by atoms with E-state index in [2.05, 4.69) is 41.3 Å². The van der Waals surface area contributed by atoms with Gasteiger partial charge in [0.2, 0.25) is 10.0 Å². The second kappa shape index (κ2) is 9.05. The Labute approximate surface area is 200 Å². The Hall–Kier alpha value is -2.48. The standard InChI is InChI=1S/C26H28N2O3S2/c1-19(20-11-12-26-22(17-20)18-21-7-3-6-10-25(21)32-26)33(29,30)28-15-13-27(14-16-28)23-8-4-5-9-24(23)31-2/h3-12,17,19H,13-16,18H2,1-2H3. The molecule has 0 radical (unpaired) electrons. The predicted molar refractivity (Wildman–Crippen MR) is 134 cm³/mol. The van der Waals surface area contributed by atoms with Crippen LogP contribution in [-0.2, 0) is 16.4 Å². The van der Waals surface area contributed by atoms with Gasteiger partial charge in [-0.1, -0.05) is 54.2 Å². The lowest BCUT2D eigenvalue weighted by Crippen LogP contribution is -2.49. The SMILES string of the molecule is COc1ccccc1N1CCN(S(=O)(=O)C(C)c2ccc3c(c2)Cc2ccccc2S3)CC1. The summed E-state index contributed by atoms with van der Waals surface area (Å²) in [7, 11) is -1.79. The number of sulfonamides is 1. The smallest absolute Gasteiger partial charge is 0.221 e. The van der Waals surface area contributed by atoms with Crippen molar-refractivity contribution in [3.63, 3.8) is 0 Å². The average molecular weight is 481 g/mol. The van der Waals surface area contributed by atoms with Crippen LogP contribution in [0, 0.1) is 0 Å². The normalized spacial score (nSPS) is 17.2. The Balaban J connectivity index is 1.31. The minimum absolute atomic E-state index is 0.471. The maximum atomic E-state index is 13.5. The minimum Gasteiger partial charge on any atom is -0.495 e. The van der Waals surface area contributed by atoms with Crippen molar-refractivity contribution >= 4 is 27.5 Å². The van der Waals surface area contributed by atoms with Crippen LogP contribution < -0.4 is 9.64 Å². The summed E-state index contributed by atoms with van der Waals surface area (Å²) in [6.07, 6.45) is 0.844. The van der Waals surface area contributed by atoms with Crippen molar-refractivity contribution in [2.24, 2.45) is 0 Å². The summed E-state index contributed by atoms with van der Waals surface area (Å²) in [5.41, 5.74) is 4.38. The Morgan fingerprint density at radius 1 is 0.879 bits per heavy atom. The Kier molecular flexibility index (Phi) is 6.12. The Morgan fingerprint density at radius 2 is 1.58 bits per heavy atom. The molecule has 2 aliphatic rings. The summed E-state index contributed by atoms with van der Waals surface area (Å²) < 4.78 is 34.1. The third kappa shape index (κ3) is 4.25. The number of piperazine rings is 1. The van der Waals surface area contributed by atoms with Gasteiger partial charge < -0.3 is 9.64 Å². The topological polar surface area (TPSA) is 49.9 Å². The highest BCUT2D eigenvalue weighted by Gasteiger charge is 2.33. The maximum absolute atomic E-state index is 13.5. The van der Waals surface area contributed by atoms with Gasteiger partial charge in [-0.2, -0.15) is 4.31 Å². The molecule has 7 heteroatoms. The first kappa shape index (κ1) is 22.3. The molecule has 33 heavy (non-hydrogen) atoms. The molecular weight excluding hydrogens is 452 g/mol. The van der Waals surface area contributed by atoms with Crippen molar-refractivity contribution in [1.82, 2.24) is 4.31 Å². The fourth-order valence-electron chi connectivity index (χ4n) is 4.63. The molecule has 0 amide bonds. The quantitative estimate of drug-likeness (QED) is 0.404. The maximum Gasteiger partial charge on any atom is 0.221 e. The fourth-order valence-corrected chi connectivity index (χ4v) is 7.30. The van der Waals surface area contributed by atoms with Crippen molar-refractivity contribution in [1.29, 1.82) is 0 Å². The third-order valence-corrected chi connectivity index (χ3v) is 10.1. The number of ether oxygens (including phenoxy) is 1. The monoisotopic (exact) mass is 480 g/mol. The molecule has 2 aliphatic heterocycles. The molecule has 1 saturated heterocycles. The third-order valence-electron chi connectivity index (χ3n) is 6.60. The summed E-state index contributed by atoms with van der Waals surface area (Å²) in [6, 6.07) is 22.5. The van der Waals surface area contributed by atoms with Gasteiger partial charge in [0.1, 0.15) is 5.75 Å². The van der Waals surface area contributed by atoms with Gasteiger partial charge in [-0.3, -0.25) is 0 Å². The molecule has 172 valence electrons. The van der Waals surface area contributed by atoms with Crippen LogP contribution >= 0.6 is 11.8 Å². The van der Waals surface area contributed by atoms with Gasteiger partial charge in [-0.25, -0.2) is 8.42 Å². The van der Waals surface area contributed by atoms with E-state index in [1.54, 1.807) is 23.2 Å². The number of anilines is 1. The van der Waals surface area contributed by atoms with Crippen molar-refractivity contribution in [2.75, 3.05) is 38.2 Å². The predicted octanol–water partition coefficient (Wildman–Crippen LogP) is 4.96. The molecular formula is C26H28N2O3S2. The van der Waals surface area contributed by atoms with E-state index in [0.29, 0.717) is 26.2 Å². The largest absolute Gasteiger partial charge is 0.495 e. The minimum atomic E-state index is -3.45. The van der Waals surface area contributed by atoms with E-state index >= 15 is 0 Å². The number of fused-ring (bicyclic) bond motifs is 2. The number of hydrogen-bond acceptors (Lipinski definition) is 5. The van der Waals surface area contributed by atoms with Crippen molar-refractivity contribution < 1.29 is 13.2 Å². The highest BCUT2D eigenvalue weighted by atomic mass is 32.2. The van der Waals surface area contributed by atoms with Crippen LogP contribution in [0.15, 0.2) is 76.5 Å².